The van der Waals surface area contributed by atoms with Crippen LogP contribution in [-0.2, 0) is 12.8 Å². The maximum Gasteiger partial charge on any atom is 0.0520 e. The summed E-state index contributed by atoms with van der Waals surface area (Å²) in [4.78, 5) is 0. The van der Waals surface area contributed by atoms with E-state index in [1.165, 1.54) is 47.0 Å². The van der Waals surface area contributed by atoms with Gasteiger partial charge in [-0.25, -0.2) is 0 Å². The molecule has 0 saturated carbocycles. The molecule has 0 radical (unpaired) electrons. The van der Waals surface area contributed by atoms with Crippen LogP contribution in [0.1, 0.15) is 17.5 Å². The van der Waals surface area contributed by atoms with Crippen molar-refractivity contribution < 1.29 is 0 Å². The quantitative estimate of drug-likeness (QED) is 0.596. The molecule has 2 heterocycles. The van der Waals surface area contributed by atoms with Gasteiger partial charge in [-0.2, -0.15) is 0 Å². The van der Waals surface area contributed by atoms with Crippen molar-refractivity contribution in [3.05, 3.63) is 66.0 Å². The Kier molecular flexibility index (Phi) is 2.07. The Balaban J connectivity index is 2.06. The lowest BCUT2D eigenvalue weighted by Gasteiger charge is -2.13. The third-order valence-corrected chi connectivity index (χ3v) is 3.94. The van der Waals surface area contributed by atoms with Crippen LogP contribution in [0.25, 0.3) is 16.6 Å². The number of benzene rings is 1. The highest BCUT2D eigenvalue weighted by molar-refractivity contribution is 5.79. The van der Waals surface area contributed by atoms with Gasteiger partial charge >= 0.3 is 0 Å². The molecule has 0 fully saturated rings. The van der Waals surface area contributed by atoms with E-state index in [1.807, 2.05) is 0 Å². The largest absolute Gasteiger partial charge is 0.323 e. The normalized spacial score (nSPS) is 14.0. The molecule has 0 aliphatic heterocycles. The van der Waals surface area contributed by atoms with Gasteiger partial charge in [0.25, 0.3) is 0 Å². The molecule has 0 amide bonds. The first-order valence-corrected chi connectivity index (χ1v) is 6.60. The molecule has 88 valence electrons. The van der Waals surface area contributed by atoms with Crippen LogP contribution in [0.2, 0.25) is 0 Å². The fourth-order valence-electron chi connectivity index (χ4n) is 3.15. The average Bonchev–Trinajstić information content (AvgIpc) is 2.82. The van der Waals surface area contributed by atoms with Crippen molar-refractivity contribution in [2.75, 3.05) is 0 Å². The van der Waals surface area contributed by atoms with Gasteiger partial charge in [-0.3, -0.25) is 0 Å². The molecule has 0 atom stereocenters. The molecular formula is C17H15N. The second-order valence-electron chi connectivity index (χ2n) is 5.03. The van der Waals surface area contributed by atoms with Crippen molar-refractivity contribution in [3.63, 3.8) is 0 Å². The Morgan fingerprint density at radius 1 is 0.889 bits per heavy atom. The third kappa shape index (κ3) is 1.34. The third-order valence-electron chi connectivity index (χ3n) is 3.94. The van der Waals surface area contributed by atoms with E-state index in [0.717, 1.165) is 0 Å². The summed E-state index contributed by atoms with van der Waals surface area (Å²) in [6.07, 6.45) is 8.15. The average molecular weight is 233 g/mol. The standard InChI is InChI=1S/C17H15N/c1-2-6-13(7-3-1)16-12-18-11-5-9-14-8-4-10-15(16)17(14)18/h1-3,5-7,9,11-12H,4,8,10H2. The molecule has 0 saturated heterocycles. The lowest BCUT2D eigenvalue weighted by molar-refractivity contribution is 0.803. The zero-order valence-corrected chi connectivity index (χ0v) is 10.3. The lowest BCUT2D eigenvalue weighted by Crippen LogP contribution is -2.01. The van der Waals surface area contributed by atoms with Crippen LogP contribution in [0, 0.1) is 0 Å². The predicted octanol–water partition coefficient (Wildman–Crippen LogP) is 4.10. The SMILES string of the molecule is c1ccc(-c2cn3cccc4c3c2CCC4)cc1. The van der Waals surface area contributed by atoms with Crippen molar-refractivity contribution in [1.82, 2.24) is 4.40 Å². The summed E-state index contributed by atoms with van der Waals surface area (Å²) in [6.45, 7) is 0. The van der Waals surface area contributed by atoms with Crippen molar-refractivity contribution in [1.29, 1.82) is 0 Å². The summed E-state index contributed by atoms with van der Waals surface area (Å²) in [7, 11) is 0. The van der Waals surface area contributed by atoms with Crippen molar-refractivity contribution in [2.45, 2.75) is 19.3 Å². The van der Waals surface area contributed by atoms with Gasteiger partial charge in [-0.15, -0.1) is 0 Å². The maximum atomic E-state index is 2.30. The minimum atomic E-state index is 1.21. The van der Waals surface area contributed by atoms with Gasteiger partial charge in [-0.1, -0.05) is 36.4 Å². The highest BCUT2D eigenvalue weighted by Gasteiger charge is 2.18. The summed E-state index contributed by atoms with van der Waals surface area (Å²) in [5.41, 5.74) is 7.22. The molecule has 3 aromatic rings. The van der Waals surface area contributed by atoms with E-state index in [0.29, 0.717) is 0 Å². The topological polar surface area (TPSA) is 4.41 Å². The molecule has 1 nitrogen and oxygen atoms in total. The van der Waals surface area contributed by atoms with Crippen LogP contribution in [0.15, 0.2) is 54.9 Å². The molecule has 1 heteroatoms. The Hall–Kier alpha value is -2.02. The van der Waals surface area contributed by atoms with E-state index in [1.54, 1.807) is 0 Å². The molecule has 0 unspecified atom stereocenters. The Morgan fingerprint density at radius 3 is 2.67 bits per heavy atom. The molecular weight excluding hydrogens is 218 g/mol. The second kappa shape index (κ2) is 3.74. The van der Waals surface area contributed by atoms with E-state index in [4.69, 9.17) is 0 Å². The minimum Gasteiger partial charge on any atom is -0.323 e. The highest BCUT2D eigenvalue weighted by atomic mass is 14.9. The van der Waals surface area contributed by atoms with Crippen molar-refractivity contribution in [2.24, 2.45) is 0 Å². The predicted molar refractivity (Wildman–Crippen MR) is 74.9 cm³/mol. The number of nitrogens with zero attached hydrogens (tertiary/aromatic N) is 1. The van der Waals surface area contributed by atoms with Gasteiger partial charge in [0, 0.05) is 18.0 Å². The zero-order valence-electron chi connectivity index (χ0n) is 10.3. The van der Waals surface area contributed by atoms with Gasteiger partial charge in [0.05, 0.1) is 5.52 Å². The minimum absolute atomic E-state index is 1.21. The molecule has 2 aromatic heterocycles. The van der Waals surface area contributed by atoms with Gasteiger partial charge in [-0.05, 0) is 42.0 Å². The van der Waals surface area contributed by atoms with E-state index >= 15 is 0 Å². The molecule has 1 aliphatic carbocycles. The van der Waals surface area contributed by atoms with E-state index in [2.05, 4.69) is 59.3 Å². The number of aryl methyl sites for hydroxylation is 2. The molecule has 4 rings (SSSR count). The second-order valence-corrected chi connectivity index (χ2v) is 5.03. The van der Waals surface area contributed by atoms with Gasteiger partial charge in [0.15, 0.2) is 0 Å². The lowest BCUT2D eigenvalue weighted by atomic mass is 9.92. The summed E-state index contributed by atoms with van der Waals surface area (Å²) in [6, 6.07) is 15.2. The zero-order chi connectivity index (χ0) is 11.9. The highest BCUT2D eigenvalue weighted by Crippen LogP contribution is 2.34. The van der Waals surface area contributed by atoms with Crippen LogP contribution in [0.3, 0.4) is 0 Å². The Labute approximate surface area is 107 Å². The molecule has 1 aliphatic rings. The fourth-order valence-corrected chi connectivity index (χ4v) is 3.15. The van der Waals surface area contributed by atoms with Crippen LogP contribution >= 0.6 is 0 Å². The number of hydrogen-bond acceptors (Lipinski definition) is 0. The maximum absolute atomic E-state index is 2.30. The van der Waals surface area contributed by atoms with E-state index < -0.39 is 0 Å². The van der Waals surface area contributed by atoms with Gasteiger partial charge in [0.2, 0.25) is 0 Å². The summed E-state index contributed by atoms with van der Waals surface area (Å²) >= 11 is 0. The first kappa shape index (κ1) is 9.95. The van der Waals surface area contributed by atoms with Crippen LogP contribution < -0.4 is 0 Å². The Bertz CT molecular complexity index is 707. The molecule has 0 spiro atoms. The monoisotopic (exact) mass is 233 g/mol. The van der Waals surface area contributed by atoms with Crippen LogP contribution in [0.5, 0.6) is 0 Å². The molecule has 0 bridgehead atoms. The van der Waals surface area contributed by atoms with Crippen LogP contribution in [0.4, 0.5) is 0 Å². The summed E-state index contributed by atoms with van der Waals surface area (Å²) in [5.74, 6) is 0. The number of pyridine rings is 1. The first-order chi connectivity index (χ1) is 8.93. The van der Waals surface area contributed by atoms with Crippen molar-refractivity contribution in [3.8, 4) is 11.1 Å². The van der Waals surface area contributed by atoms with Gasteiger partial charge < -0.3 is 4.40 Å². The number of rotatable bonds is 1. The van der Waals surface area contributed by atoms with E-state index in [-0.39, 0.29) is 0 Å². The Morgan fingerprint density at radius 2 is 1.78 bits per heavy atom. The number of hydrogen-bond donors (Lipinski definition) is 0. The molecule has 1 aromatic carbocycles. The summed E-state index contributed by atoms with van der Waals surface area (Å²) < 4.78 is 2.30. The fraction of sp³-hybridized carbons (Fsp3) is 0.176. The molecule has 18 heavy (non-hydrogen) atoms. The van der Waals surface area contributed by atoms with Crippen LogP contribution in [-0.4, -0.2) is 4.40 Å². The first-order valence-electron chi connectivity index (χ1n) is 6.60. The molecule has 0 N–H and O–H groups in total. The smallest absolute Gasteiger partial charge is 0.0520 e. The summed E-state index contributed by atoms with van der Waals surface area (Å²) in [5, 5.41) is 0. The van der Waals surface area contributed by atoms with E-state index in [9.17, 15) is 0 Å². The van der Waals surface area contributed by atoms with Crippen molar-refractivity contribution >= 4 is 5.52 Å². The number of aromatic nitrogens is 1. The van der Waals surface area contributed by atoms with Gasteiger partial charge in [0.1, 0.15) is 0 Å².